The minimum atomic E-state index is -0.711. The van der Waals surface area contributed by atoms with Gasteiger partial charge >= 0.3 is 41.3 Å². The Morgan fingerprint density at radius 1 is 1.42 bits per heavy atom. The van der Waals surface area contributed by atoms with E-state index >= 15 is 0 Å². The number of carboxylic acids is 1. The van der Waals surface area contributed by atoms with Crippen LogP contribution < -0.4 is 0 Å². The van der Waals surface area contributed by atoms with Crippen molar-refractivity contribution in [2.24, 2.45) is 0 Å². The molecule has 0 fully saturated rings. The summed E-state index contributed by atoms with van der Waals surface area (Å²) in [6, 6.07) is 0. The zero-order valence-electron chi connectivity index (χ0n) is 6.50. The van der Waals surface area contributed by atoms with Crippen molar-refractivity contribution in [2.45, 2.75) is 19.8 Å². The van der Waals surface area contributed by atoms with Crippen molar-refractivity contribution in [1.29, 1.82) is 0 Å². The zero-order chi connectivity index (χ0) is 7.70. The van der Waals surface area contributed by atoms with Crippen LogP contribution in [0.4, 0.5) is 0 Å². The molecular weight excluding hydrogens is 390 g/mol. The summed E-state index contributed by atoms with van der Waals surface area (Å²) in [5, 5.41) is 7.91. The van der Waals surface area contributed by atoms with Crippen LogP contribution in [0, 0.1) is 0 Å². The van der Waals surface area contributed by atoms with Crippen molar-refractivity contribution in [1.82, 2.24) is 0 Å². The largest absolute Gasteiger partial charge is 0.693 e. The first-order valence-electron chi connectivity index (χ1n) is 2.23. The number of rotatable bonds is 2. The maximum atomic E-state index is 9.60. The summed E-state index contributed by atoms with van der Waals surface area (Å²) in [5.41, 5.74) is 0. The summed E-state index contributed by atoms with van der Waals surface area (Å²) in [6.45, 7) is 1.84. The molecule has 0 aliphatic rings. The molecule has 82 valence electrons. The van der Waals surface area contributed by atoms with Gasteiger partial charge in [-0.25, -0.2) is 0 Å². The average Bonchev–Trinajstić information content (AvgIpc) is 1.67. The van der Waals surface area contributed by atoms with Crippen molar-refractivity contribution < 1.29 is 31.9 Å². The fourth-order valence-electron chi connectivity index (χ4n) is 0.214. The molecule has 0 atom stereocenters. The second-order valence-electron chi connectivity index (χ2n) is 1.19. The number of hydrogen-bond acceptors (Lipinski definition) is 1. The number of halogens is 2. The third-order valence-corrected chi connectivity index (χ3v) is 0.464. The van der Waals surface area contributed by atoms with Gasteiger partial charge in [0.15, 0.2) is 0 Å². The topological polar surface area (TPSA) is 136 Å². The van der Waals surface area contributed by atoms with Crippen molar-refractivity contribution in [3.05, 3.63) is 12.3 Å². The quantitative estimate of drug-likeness (QED) is 0.757. The molecule has 0 aromatic heterocycles. The molecule has 0 unspecified atom stereocenters. The number of hydrogen-bond donors (Lipinski definition) is 1. The molecule has 0 heterocycles. The van der Waals surface area contributed by atoms with Crippen molar-refractivity contribution in [2.75, 3.05) is 0 Å². The van der Waals surface area contributed by atoms with Crippen molar-refractivity contribution in [3.8, 4) is 0 Å². The molecule has 0 aliphatic carbocycles. The Balaban J connectivity index is -0.0000000246. The smallest absolute Gasteiger partial charge is 0.693 e. The summed E-state index contributed by atoms with van der Waals surface area (Å²) in [6.07, 6.45) is 1.02. The van der Waals surface area contributed by atoms with E-state index in [1.807, 2.05) is 6.92 Å². The SMILES string of the molecule is CCCC(=O)O.O.[Cl][Pt+2][Cl].[NH2-].[NH2-]. The van der Waals surface area contributed by atoms with Gasteiger partial charge in [-0.3, -0.25) is 4.79 Å². The third-order valence-electron chi connectivity index (χ3n) is 0.464. The Morgan fingerprint density at radius 2 is 1.67 bits per heavy atom. The Hall–Kier alpha value is 0.618. The van der Waals surface area contributed by atoms with Gasteiger partial charge in [-0.2, -0.15) is 0 Å². The van der Waals surface area contributed by atoms with Gasteiger partial charge in [0.25, 0.3) is 0 Å². The molecule has 7 N–H and O–H groups in total. The standard InChI is InChI=1S/C4H8O2.2ClH.2H2N.H2O.Pt/c1-2-3-4(5)6;;;;;;/h2-3H2,1H3,(H,5,6);2*1H;3*1H2;/q;;;2*-1;;+4/p-2. The fourth-order valence-corrected chi connectivity index (χ4v) is 0.214. The van der Waals surface area contributed by atoms with Crippen LogP contribution in [-0.2, 0) is 21.3 Å². The van der Waals surface area contributed by atoms with E-state index < -0.39 is 22.5 Å². The maximum absolute atomic E-state index is 9.60. The molecule has 0 aromatic rings. The number of aliphatic carboxylic acids is 1. The molecule has 0 bridgehead atoms. The molecule has 8 heteroatoms. The van der Waals surface area contributed by atoms with E-state index in [0.29, 0.717) is 6.42 Å². The van der Waals surface area contributed by atoms with E-state index in [9.17, 15) is 4.79 Å². The molecule has 0 radical (unpaired) electrons. The Bertz CT molecular complexity index is 79.3. The van der Waals surface area contributed by atoms with Gasteiger partial charge in [0.05, 0.1) is 0 Å². The minimum Gasteiger partial charge on any atom is -0.693 e. The molecular formula is C4H14Cl2N2O3Pt. The summed E-state index contributed by atoms with van der Waals surface area (Å²) in [5.74, 6) is -0.711. The van der Waals surface area contributed by atoms with E-state index in [4.69, 9.17) is 23.9 Å². The molecule has 0 saturated heterocycles. The minimum absolute atomic E-state index is 0. The Kier molecular flexibility index (Phi) is 73.1. The van der Waals surface area contributed by atoms with Crippen LogP contribution >= 0.6 is 18.8 Å². The molecule has 0 aliphatic heterocycles. The fraction of sp³-hybridized carbons (Fsp3) is 0.750. The first-order chi connectivity index (χ1) is 4.18. The summed E-state index contributed by atoms with van der Waals surface area (Å²) < 4.78 is 0. The third kappa shape index (κ3) is 75.0. The normalized spacial score (nSPS) is 5.92. The second-order valence-corrected chi connectivity index (χ2v) is 4.47. The molecule has 0 rings (SSSR count). The van der Waals surface area contributed by atoms with E-state index in [1.165, 1.54) is 0 Å². The van der Waals surface area contributed by atoms with Crippen LogP contribution in [0.15, 0.2) is 0 Å². The molecule has 0 spiro atoms. The number of nitrogens with two attached hydrogens (primary N) is 2. The van der Waals surface area contributed by atoms with Gasteiger partial charge in [-0.15, -0.1) is 0 Å². The van der Waals surface area contributed by atoms with Crippen LogP contribution in [0.2, 0.25) is 0 Å². The molecule has 12 heavy (non-hydrogen) atoms. The predicted octanol–water partition coefficient (Wildman–Crippen LogP) is 2.86. The van der Waals surface area contributed by atoms with Gasteiger partial charge in [0.2, 0.25) is 0 Å². The van der Waals surface area contributed by atoms with Gasteiger partial charge in [0.1, 0.15) is 0 Å². The van der Waals surface area contributed by atoms with E-state index in [2.05, 4.69) is 0 Å². The van der Waals surface area contributed by atoms with Crippen LogP contribution in [0.1, 0.15) is 19.8 Å². The van der Waals surface area contributed by atoms with Gasteiger partial charge in [-0.05, 0) is 6.42 Å². The van der Waals surface area contributed by atoms with Gasteiger partial charge < -0.3 is 22.9 Å². The van der Waals surface area contributed by atoms with E-state index in [1.54, 1.807) is 0 Å². The van der Waals surface area contributed by atoms with Gasteiger partial charge in [-0.1, -0.05) is 6.92 Å². The van der Waals surface area contributed by atoms with Crippen LogP contribution in [-0.4, -0.2) is 16.6 Å². The first-order valence-corrected chi connectivity index (χ1v) is 7.86. The van der Waals surface area contributed by atoms with Crippen LogP contribution in [0.25, 0.3) is 12.3 Å². The molecule has 0 aromatic carbocycles. The average molecular weight is 404 g/mol. The van der Waals surface area contributed by atoms with Crippen LogP contribution in [0.3, 0.4) is 0 Å². The summed E-state index contributed by atoms with van der Waals surface area (Å²) >= 11 is -0.472. The number of carbonyl (C=O) groups is 1. The molecule has 0 amide bonds. The Labute approximate surface area is 88.7 Å². The van der Waals surface area contributed by atoms with E-state index in [0.717, 1.165) is 6.42 Å². The summed E-state index contributed by atoms with van der Waals surface area (Å²) in [7, 11) is 9.75. The Morgan fingerprint density at radius 3 is 1.67 bits per heavy atom. The molecule has 0 saturated carbocycles. The van der Waals surface area contributed by atoms with E-state index in [-0.39, 0.29) is 17.8 Å². The second kappa shape index (κ2) is 29.9. The predicted molar refractivity (Wildman–Crippen MR) is 48.4 cm³/mol. The summed E-state index contributed by atoms with van der Waals surface area (Å²) in [4.78, 5) is 9.60. The van der Waals surface area contributed by atoms with Crippen LogP contribution in [0.5, 0.6) is 0 Å². The zero-order valence-corrected chi connectivity index (χ0v) is 10.3. The monoisotopic (exact) mass is 403 g/mol. The number of carboxylic acid groups (broad SMARTS) is 1. The first kappa shape index (κ1) is 29.3. The van der Waals surface area contributed by atoms with Crippen molar-refractivity contribution in [3.63, 3.8) is 0 Å². The maximum Gasteiger partial charge on any atom is -0.693 e. The van der Waals surface area contributed by atoms with Gasteiger partial charge in [0, 0.05) is 6.42 Å². The van der Waals surface area contributed by atoms with Crippen molar-refractivity contribution >= 4 is 24.8 Å². The molecule has 5 nitrogen and oxygen atoms in total.